The first-order valence-corrected chi connectivity index (χ1v) is 11.1. The van der Waals surface area contributed by atoms with Gasteiger partial charge in [-0.15, -0.1) is 0 Å². The van der Waals surface area contributed by atoms with Crippen LogP contribution in [0.25, 0.3) is 0 Å². The van der Waals surface area contributed by atoms with E-state index in [9.17, 15) is 15.0 Å². The first kappa shape index (κ1) is 23.8. The van der Waals surface area contributed by atoms with E-state index in [0.717, 1.165) is 11.1 Å². The second-order valence-corrected chi connectivity index (χ2v) is 8.92. The second kappa shape index (κ2) is 9.89. The standard InChI is InChI=1S/C25H31NO7/c1-25(2)32-21-20(31-24(30-3)22(21)33-25)19(27)18(23(28)29)26(14-16-10-6-4-7-11-16)15-17-12-8-5-9-13-17/h4-13,18-22,24,27H,14-15H2,1-3H3,(H,28,29)/t18-,19+,20+,21+,22+,24+/m0/s1. The average molecular weight is 458 g/mol. The molecule has 33 heavy (non-hydrogen) atoms. The number of methoxy groups -OCH3 is 1. The van der Waals surface area contributed by atoms with Gasteiger partial charge in [-0.1, -0.05) is 60.7 Å². The maximum Gasteiger partial charge on any atom is 0.323 e. The Bertz CT molecular complexity index is 881. The molecular formula is C25H31NO7. The molecule has 2 aliphatic rings. The van der Waals surface area contributed by atoms with E-state index in [-0.39, 0.29) is 0 Å². The van der Waals surface area contributed by atoms with Crippen LogP contribution in [0.5, 0.6) is 0 Å². The number of aliphatic carboxylic acids is 1. The highest BCUT2D eigenvalue weighted by atomic mass is 16.8. The zero-order chi connectivity index (χ0) is 23.6. The van der Waals surface area contributed by atoms with Crippen molar-refractivity contribution in [2.24, 2.45) is 0 Å². The number of carboxylic acids is 1. The summed E-state index contributed by atoms with van der Waals surface area (Å²) in [6, 6.07) is 17.9. The largest absolute Gasteiger partial charge is 0.480 e. The molecule has 0 aromatic heterocycles. The molecule has 2 aromatic rings. The average Bonchev–Trinajstić information content (AvgIpc) is 3.27. The number of ether oxygens (including phenoxy) is 4. The predicted molar refractivity (Wildman–Crippen MR) is 119 cm³/mol. The van der Waals surface area contributed by atoms with E-state index in [1.807, 2.05) is 60.7 Å². The van der Waals surface area contributed by atoms with Gasteiger partial charge in [-0.05, 0) is 25.0 Å². The number of carbonyl (C=O) groups is 1. The molecule has 6 atom stereocenters. The highest BCUT2D eigenvalue weighted by molar-refractivity contribution is 5.74. The highest BCUT2D eigenvalue weighted by Crippen LogP contribution is 2.40. The number of aliphatic hydroxyl groups is 1. The van der Waals surface area contributed by atoms with E-state index in [1.165, 1.54) is 7.11 Å². The summed E-state index contributed by atoms with van der Waals surface area (Å²) in [5, 5.41) is 21.6. The smallest absolute Gasteiger partial charge is 0.323 e. The lowest BCUT2D eigenvalue weighted by molar-refractivity contribution is -0.240. The first-order chi connectivity index (χ1) is 15.8. The number of carboxylic acid groups (broad SMARTS) is 1. The Kier molecular flexibility index (Phi) is 7.13. The lowest BCUT2D eigenvalue weighted by Crippen LogP contribution is -2.55. The Labute approximate surface area is 193 Å². The van der Waals surface area contributed by atoms with Crippen LogP contribution in [0, 0.1) is 0 Å². The lowest BCUT2D eigenvalue weighted by Gasteiger charge is -2.35. The molecule has 2 N–H and O–H groups in total. The van der Waals surface area contributed by atoms with Gasteiger partial charge in [-0.2, -0.15) is 0 Å². The molecule has 0 unspecified atom stereocenters. The molecule has 178 valence electrons. The van der Waals surface area contributed by atoms with Crippen molar-refractivity contribution in [3.63, 3.8) is 0 Å². The van der Waals surface area contributed by atoms with Crippen LogP contribution in [0.1, 0.15) is 25.0 Å². The minimum Gasteiger partial charge on any atom is -0.480 e. The summed E-state index contributed by atoms with van der Waals surface area (Å²) in [4.78, 5) is 14.3. The zero-order valence-electron chi connectivity index (χ0n) is 19.0. The number of rotatable bonds is 9. The lowest BCUT2D eigenvalue weighted by atomic mass is 9.97. The molecule has 0 amide bonds. The summed E-state index contributed by atoms with van der Waals surface area (Å²) in [5.74, 6) is -2.03. The van der Waals surface area contributed by atoms with Crippen LogP contribution in [0.2, 0.25) is 0 Å². The summed E-state index contributed by atoms with van der Waals surface area (Å²) in [6.45, 7) is 4.21. The van der Waals surface area contributed by atoms with Crippen molar-refractivity contribution in [3.05, 3.63) is 71.8 Å². The third kappa shape index (κ3) is 5.27. The van der Waals surface area contributed by atoms with E-state index < -0.39 is 48.5 Å². The van der Waals surface area contributed by atoms with Crippen LogP contribution >= 0.6 is 0 Å². The van der Waals surface area contributed by atoms with Crippen LogP contribution in [0.3, 0.4) is 0 Å². The van der Waals surface area contributed by atoms with Gasteiger partial charge in [0.1, 0.15) is 30.5 Å². The maximum atomic E-state index is 12.5. The highest BCUT2D eigenvalue weighted by Gasteiger charge is 2.59. The van der Waals surface area contributed by atoms with Gasteiger partial charge in [0.05, 0.1) is 0 Å². The molecule has 0 radical (unpaired) electrons. The third-order valence-electron chi connectivity index (χ3n) is 6.04. The molecular weight excluding hydrogens is 426 g/mol. The van der Waals surface area contributed by atoms with Crippen molar-refractivity contribution in [1.29, 1.82) is 0 Å². The summed E-state index contributed by atoms with van der Waals surface area (Å²) in [7, 11) is 1.48. The van der Waals surface area contributed by atoms with Gasteiger partial charge in [0.25, 0.3) is 0 Å². The third-order valence-corrected chi connectivity index (χ3v) is 6.04. The molecule has 0 spiro atoms. The van der Waals surface area contributed by atoms with Crippen molar-refractivity contribution in [2.45, 2.75) is 69.5 Å². The minimum atomic E-state index is -1.39. The SMILES string of the molecule is CO[C@@H]1O[C@H]([C@H](O)[C@@H](C(=O)O)N(Cc2ccccc2)Cc2ccccc2)[C@H]2OC(C)(C)O[C@@H]12. The van der Waals surface area contributed by atoms with Crippen LogP contribution in [0.15, 0.2) is 60.7 Å². The summed E-state index contributed by atoms with van der Waals surface area (Å²) in [5.41, 5.74) is 1.88. The molecule has 2 aromatic carbocycles. The number of benzene rings is 2. The second-order valence-electron chi connectivity index (χ2n) is 8.92. The fraction of sp³-hybridized carbons (Fsp3) is 0.480. The molecule has 2 aliphatic heterocycles. The van der Waals surface area contributed by atoms with E-state index in [0.29, 0.717) is 13.1 Å². The number of hydrogen-bond acceptors (Lipinski definition) is 7. The first-order valence-electron chi connectivity index (χ1n) is 11.1. The Morgan fingerprint density at radius 1 is 1.00 bits per heavy atom. The van der Waals surface area contributed by atoms with Gasteiger partial charge in [-0.3, -0.25) is 9.69 Å². The monoisotopic (exact) mass is 457 g/mol. The molecule has 0 bridgehead atoms. The van der Waals surface area contributed by atoms with Crippen molar-refractivity contribution < 1.29 is 34.0 Å². The van der Waals surface area contributed by atoms with E-state index in [4.69, 9.17) is 18.9 Å². The summed E-state index contributed by atoms with van der Waals surface area (Å²) >= 11 is 0. The maximum absolute atomic E-state index is 12.5. The Morgan fingerprint density at radius 3 is 2.00 bits per heavy atom. The van der Waals surface area contributed by atoms with Crippen molar-refractivity contribution in [2.75, 3.05) is 7.11 Å². The predicted octanol–water partition coefficient (Wildman–Crippen LogP) is 2.39. The number of nitrogens with zero attached hydrogens (tertiary/aromatic N) is 1. The Hall–Kier alpha value is -2.33. The van der Waals surface area contributed by atoms with Crippen LogP contribution in [0.4, 0.5) is 0 Å². The van der Waals surface area contributed by atoms with Crippen molar-refractivity contribution in [3.8, 4) is 0 Å². The van der Waals surface area contributed by atoms with Gasteiger partial charge in [-0.25, -0.2) is 0 Å². The molecule has 2 saturated heterocycles. The molecule has 2 fully saturated rings. The van der Waals surface area contributed by atoms with Crippen molar-refractivity contribution >= 4 is 5.97 Å². The van der Waals surface area contributed by atoms with Crippen LogP contribution in [-0.2, 0) is 36.8 Å². The van der Waals surface area contributed by atoms with Gasteiger partial charge < -0.3 is 29.2 Å². The molecule has 8 nitrogen and oxygen atoms in total. The zero-order valence-corrected chi connectivity index (χ0v) is 19.0. The van der Waals surface area contributed by atoms with E-state index in [2.05, 4.69) is 0 Å². The molecule has 2 heterocycles. The van der Waals surface area contributed by atoms with Crippen LogP contribution < -0.4 is 0 Å². The van der Waals surface area contributed by atoms with Crippen LogP contribution in [-0.4, -0.2) is 70.7 Å². The number of fused-ring (bicyclic) bond motifs is 1. The van der Waals surface area contributed by atoms with Gasteiger partial charge in [0, 0.05) is 20.2 Å². The Balaban J connectivity index is 1.63. The molecule has 0 saturated carbocycles. The van der Waals surface area contributed by atoms with E-state index in [1.54, 1.807) is 18.7 Å². The van der Waals surface area contributed by atoms with E-state index >= 15 is 0 Å². The van der Waals surface area contributed by atoms with Crippen molar-refractivity contribution in [1.82, 2.24) is 4.90 Å². The quantitative estimate of drug-likeness (QED) is 0.593. The summed E-state index contributed by atoms with van der Waals surface area (Å²) in [6.07, 6.45) is -4.30. The Morgan fingerprint density at radius 2 is 1.52 bits per heavy atom. The topological polar surface area (TPSA) is 97.7 Å². The normalized spacial score (nSPS) is 27.9. The number of hydrogen-bond donors (Lipinski definition) is 2. The fourth-order valence-corrected chi connectivity index (χ4v) is 4.64. The number of aliphatic hydroxyl groups excluding tert-OH is 1. The fourth-order valence-electron chi connectivity index (χ4n) is 4.64. The molecule has 8 heteroatoms. The summed E-state index contributed by atoms with van der Waals surface area (Å²) < 4.78 is 23.2. The van der Waals surface area contributed by atoms with Gasteiger partial charge in [0.15, 0.2) is 12.1 Å². The molecule has 4 rings (SSSR count). The molecule has 0 aliphatic carbocycles. The van der Waals surface area contributed by atoms with Gasteiger partial charge in [0.2, 0.25) is 0 Å². The minimum absolute atomic E-state index is 0.334. The van der Waals surface area contributed by atoms with Gasteiger partial charge >= 0.3 is 5.97 Å².